The maximum atomic E-state index is 12.5. The molecule has 3 rings (SSSR count). The van der Waals surface area contributed by atoms with E-state index in [2.05, 4.69) is 4.98 Å². The fraction of sp³-hybridized carbons (Fsp3) is 0.263. The summed E-state index contributed by atoms with van der Waals surface area (Å²) in [5, 5.41) is 2.60. The molecule has 0 radical (unpaired) electrons. The number of nitrogens with zero attached hydrogens (tertiary/aromatic N) is 2. The molecule has 0 fully saturated rings. The molecule has 0 bridgehead atoms. The number of rotatable bonds is 6. The van der Waals surface area contributed by atoms with Crippen molar-refractivity contribution in [2.45, 2.75) is 26.5 Å². The monoisotopic (exact) mass is 356 g/mol. The topological polar surface area (TPSA) is 55.6 Å². The summed E-state index contributed by atoms with van der Waals surface area (Å²) in [7, 11) is 1.74. The standard InChI is InChI=1S/C19H20N2O3S/c1-13(2)24-15-8-6-14(7-9-15)18-20-17(12-25-18)19(22)21(3)11-16-5-4-10-23-16/h4-10,12-13H,11H2,1-3H3. The third kappa shape index (κ3) is 4.28. The largest absolute Gasteiger partial charge is 0.491 e. The molecule has 2 aromatic heterocycles. The van der Waals surface area contributed by atoms with E-state index < -0.39 is 0 Å². The first-order valence-electron chi connectivity index (χ1n) is 8.03. The van der Waals surface area contributed by atoms with E-state index in [-0.39, 0.29) is 12.0 Å². The molecule has 130 valence electrons. The van der Waals surface area contributed by atoms with Crippen LogP contribution < -0.4 is 4.74 Å². The summed E-state index contributed by atoms with van der Waals surface area (Å²) in [6, 6.07) is 11.4. The minimum Gasteiger partial charge on any atom is -0.491 e. The molecule has 0 spiro atoms. The number of amides is 1. The van der Waals surface area contributed by atoms with Gasteiger partial charge in [-0.2, -0.15) is 0 Å². The lowest BCUT2D eigenvalue weighted by atomic mass is 10.2. The lowest BCUT2D eigenvalue weighted by Crippen LogP contribution is -2.26. The summed E-state index contributed by atoms with van der Waals surface area (Å²) >= 11 is 1.45. The highest BCUT2D eigenvalue weighted by atomic mass is 32.1. The average molecular weight is 356 g/mol. The van der Waals surface area contributed by atoms with Crippen molar-refractivity contribution in [1.29, 1.82) is 0 Å². The molecule has 0 saturated heterocycles. The normalized spacial score (nSPS) is 10.9. The van der Waals surface area contributed by atoms with Gasteiger partial charge in [0.2, 0.25) is 0 Å². The van der Waals surface area contributed by atoms with Gasteiger partial charge in [-0.1, -0.05) is 0 Å². The second-order valence-electron chi connectivity index (χ2n) is 5.97. The molecule has 0 aliphatic heterocycles. The Morgan fingerprint density at radius 2 is 2.04 bits per heavy atom. The van der Waals surface area contributed by atoms with Gasteiger partial charge in [0.15, 0.2) is 0 Å². The summed E-state index contributed by atoms with van der Waals surface area (Å²) in [5.74, 6) is 1.44. The zero-order chi connectivity index (χ0) is 17.8. The van der Waals surface area contributed by atoms with Crippen LogP contribution in [0.25, 0.3) is 10.6 Å². The van der Waals surface area contributed by atoms with E-state index in [1.54, 1.807) is 29.7 Å². The van der Waals surface area contributed by atoms with Crippen molar-refractivity contribution >= 4 is 17.2 Å². The molecule has 0 atom stereocenters. The smallest absolute Gasteiger partial charge is 0.273 e. The van der Waals surface area contributed by atoms with Crippen LogP contribution in [0.1, 0.15) is 30.1 Å². The van der Waals surface area contributed by atoms with Gasteiger partial charge in [-0.05, 0) is 50.2 Å². The Balaban J connectivity index is 1.70. The Morgan fingerprint density at radius 3 is 2.68 bits per heavy atom. The van der Waals surface area contributed by atoms with Gasteiger partial charge in [0.25, 0.3) is 5.91 Å². The SMILES string of the molecule is CC(C)Oc1ccc(-c2nc(C(=O)N(C)Cc3ccco3)cs2)cc1. The van der Waals surface area contributed by atoms with Gasteiger partial charge in [0.05, 0.1) is 18.9 Å². The number of hydrogen-bond donors (Lipinski definition) is 0. The zero-order valence-corrected chi connectivity index (χ0v) is 15.2. The highest BCUT2D eigenvalue weighted by Crippen LogP contribution is 2.26. The highest BCUT2D eigenvalue weighted by Gasteiger charge is 2.17. The summed E-state index contributed by atoms with van der Waals surface area (Å²) < 4.78 is 10.9. The van der Waals surface area contributed by atoms with Crippen LogP contribution in [-0.2, 0) is 6.54 Å². The van der Waals surface area contributed by atoms with Crippen LogP contribution in [0.4, 0.5) is 0 Å². The van der Waals surface area contributed by atoms with Gasteiger partial charge < -0.3 is 14.1 Å². The predicted molar refractivity (Wildman–Crippen MR) is 97.8 cm³/mol. The fourth-order valence-corrected chi connectivity index (χ4v) is 3.16. The van der Waals surface area contributed by atoms with Crippen LogP contribution in [0.15, 0.2) is 52.5 Å². The molecule has 0 N–H and O–H groups in total. The van der Waals surface area contributed by atoms with Crippen LogP contribution in [0.3, 0.4) is 0 Å². The Hall–Kier alpha value is -2.60. The van der Waals surface area contributed by atoms with Crippen molar-refractivity contribution in [3.05, 3.63) is 59.5 Å². The van der Waals surface area contributed by atoms with Crippen LogP contribution in [0, 0.1) is 0 Å². The van der Waals surface area contributed by atoms with Crippen molar-refractivity contribution in [3.8, 4) is 16.3 Å². The minimum absolute atomic E-state index is 0.126. The van der Waals surface area contributed by atoms with E-state index in [1.165, 1.54) is 11.3 Å². The lowest BCUT2D eigenvalue weighted by Gasteiger charge is -2.13. The molecule has 0 aliphatic rings. The number of carbonyl (C=O) groups is 1. The summed E-state index contributed by atoms with van der Waals surface area (Å²) in [6.45, 7) is 4.40. The molecule has 2 heterocycles. The second kappa shape index (κ2) is 7.53. The van der Waals surface area contributed by atoms with Gasteiger partial charge in [0, 0.05) is 18.0 Å². The number of benzene rings is 1. The van der Waals surface area contributed by atoms with Gasteiger partial charge in [-0.15, -0.1) is 11.3 Å². The second-order valence-corrected chi connectivity index (χ2v) is 6.83. The van der Waals surface area contributed by atoms with E-state index in [9.17, 15) is 4.79 Å². The molecule has 25 heavy (non-hydrogen) atoms. The summed E-state index contributed by atoms with van der Waals surface area (Å²) in [6.07, 6.45) is 1.74. The number of aromatic nitrogens is 1. The van der Waals surface area contributed by atoms with Gasteiger partial charge in [-0.25, -0.2) is 4.98 Å². The number of carbonyl (C=O) groups excluding carboxylic acids is 1. The summed E-state index contributed by atoms with van der Waals surface area (Å²) in [4.78, 5) is 18.6. The molecule has 5 nitrogen and oxygen atoms in total. The van der Waals surface area contributed by atoms with Crippen molar-refractivity contribution in [2.75, 3.05) is 7.05 Å². The van der Waals surface area contributed by atoms with Crippen molar-refractivity contribution in [3.63, 3.8) is 0 Å². The van der Waals surface area contributed by atoms with Crippen LogP contribution in [0.5, 0.6) is 5.75 Å². The van der Waals surface area contributed by atoms with Gasteiger partial charge in [-0.3, -0.25) is 4.79 Å². The van der Waals surface area contributed by atoms with Gasteiger partial charge >= 0.3 is 0 Å². The van der Waals surface area contributed by atoms with Crippen LogP contribution >= 0.6 is 11.3 Å². The first-order valence-corrected chi connectivity index (χ1v) is 8.91. The first kappa shape index (κ1) is 17.2. The van der Waals surface area contributed by atoms with Crippen molar-refractivity contribution in [1.82, 2.24) is 9.88 Å². The maximum Gasteiger partial charge on any atom is 0.273 e. The molecule has 0 saturated carbocycles. The minimum atomic E-state index is -0.126. The predicted octanol–water partition coefficient (Wildman–Crippen LogP) is 4.46. The van der Waals surface area contributed by atoms with E-state index in [0.717, 1.165) is 22.1 Å². The molecular weight excluding hydrogens is 336 g/mol. The quantitative estimate of drug-likeness (QED) is 0.654. The van der Waals surface area contributed by atoms with Crippen molar-refractivity contribution in [2.24, 2.45) is 0 Å². The molecule has 1 aromatic carbocycles. The molecule has 0 aliphatic carbocycles. The Kier molecular flexibility index (Phi) is 5.19. The molecule has 3 aromatic rings. The highest BCUT2D eigenvalue weighted by molar-refractivity contribution is 7.13. The molecule has 1 amide bonds. The molecule has 6 heteroatoms. The lowest BCUT2D eigenvalue weighted by molar-refractivity contribution is 0.0770. The van der Waals surface area contributed by atoms with E-state index >= 15 is 0 Å². The third-order valence-electron chi connectivity index (χ3n) is 3.52. The van der Waals surface area contributed by atoms with Crippen LogP contribution in [-0.4, -0.2) is 28.9 Å². The number of ether oxygens (including phenoxy) is 1. The number of hydrogen-bond acceptors (Lipinski definition) is 5. The molecular formula is C19H20N2O3S. The first-order chi connectivity index (χ1) is 12.0. The van der Waals surface area contributed by atoms with E-state index in [0.29, 0.717) is 12.2 Å². The average Bonchev–Trinajstić information content (AvgIpc) is 3.26. The van der Waals surface area contributed by atoms with E-state index in [1.807, 2.05) is 44.2 Å². The summed E-state index contributed by atoms with van der Waals surface area (Å²) in [5.41, 5.74) is 1.41. The van der Waals surface area contributed by atoms with Crippen molar-refractivity contribution < 1.29 is 13.9 Å². The van der Waals surface area contributed by atoms with Gasteiger partial charge in [0.1, 0.15) is 22.2 Å². The number of furan rings is 1. The third-order valence-corrected chi connectivity index (χ3v) is 4.41. The fourth-order valence-electron chi connectivity index (χ4n) is 2.36. The Labute approximate surface area is 150 Å². The number of thiazole rings is 1. The zero-order valence-electron chi connectivity index (χ0n) is 14.4. The van der Waals surface area contributed by atoms with E-state index in [4.69, 9.17) is 9.15 Å². The molecule has 0 unspecified atom stereocenters. The Morgan fingerprint density at radius 1 is 1.28 bits per heavy atom. The Bertz CT molecular complexity index is 823. The van der Waals surface area contributed by atoms with Crippen LogP contribution in [0.2, 0.25) is 0 Å². The maximum absolute atomic E-state index is 12.5.